The number of anilines is 1. The molecule has 0 fully saturated rings. The molecule has 2 aromatic heterocycles. The fraction of sp³-hybridized carbons (Fsp3) is 0. The lowest BCUT2D eigenvalue weighted by molar-refractivity contribution is 0.630. The number of aromatic amines is 1. The van der Waals surface area contributed by atoms with Gasteiger partial charge in [0.05, 0.1) is 11.3 Å². The van der Waals surface area contributed by atoms with Gasteiger partial charge in [-0.15, -0.1) is 0 Å². The Kier molecular flexibility index (Phi) is 3.23. The van der Waals surface area contributed by atoms with E-state index in [0.29, 0.717) is 22.6 Å². The predicted octanol–water partition coefficient (Wildman–Crippen LogP) is 3.62. The number of nitrogens with zero attached hydrogens (tertiary/aromatic N) is 2. The van der Waals surface area contributed by atoms with Gasteiger partial charge in [0.1, 0.15) is 5.82 Å². The van der Waals surface area contributed by atoms with Gasteiger partial charge in [0, 0.05) is 28.0 Å². The minimum atomic E-state index is -0.345. The summed E-state index contributed by atoms with van der Waals surface area (Å²) in [5, 5.41) is 6.78. The third-order valence-electron chi connectivity index (χ3n) is 2.94. The Bertz CT molecular complexity index is 755. The van der Waals surface area contributed by atoms with Crippen molar-refractivity contribution in [1.82, 2.24) is 15.2 Å². The van der Waals surface area contributed by atoms with Gasteiger partial charge in [-0.2, -0.15) is 5.10 Å². The minimum absolute atomic E-state index is 0.312. The Morgan fingerprint density at radius 2 is 2.10 bits per heavy atom. The smallest absolute Gasteiger partial charge is 0.153 e. The molecule has 6 heteroatoms. The van der Waals surface area contributed by atoms with Crippen LogP contribution in [0, 0.1) is 5.82 Å². The molecule has 100 valence electrons. The molecule has 3 aromatic rings. The highest BCUT2D eigenvalue weighted by Gasteiger charge is 2.17. The SMILES string of the molecule is Nc1n[nH]c(-c2cc(Br)ccc2F)c1-c1cccnc1. The number of rotatable bonds is 2. The minimum Gasteiger partial charge on any atom is -0.382 e. The van der Waals surface area contributed by atoms with Gasteiger partial charge in [0.2, 0.25) is 0 Å². The highest BCUT2D eigenvalue weighted by Crippen LogP contribution is 2.36. The molecule has 0 spiro atoms. The first-order chi connectivity index (χ1) is 9.66. The van der Waals surface area contributed by atoms with Gasteiger partial charge in [0.25, 0.3) is 0 Å². The van der Waals surface area contributed by atoms with Crippen LogP contribution in [0.3, 0.4) is 0 Å². The number of hydrogen-bond acceptors (Lipinski definition) is 3. The van der Waals surface area contributed by atoms with Crippen LogP contribution in [0.1, 0.15) is 0 Å². The molecule has 4 nitrogen and oxygen atoms in total. The fourth-order valence-electron chi connectivity index (χ4n) is 2.04. The lowest BCUT2D eigenvalue weighted by Crippen LogP contribution is -1.91. The van der Waals surface area contributed by atoms with Gasteiger partial charge in [-0.25, -0.2) is 4.39 Å². The van der Waals surface area contributed by atoms with Crippen molar-refractivity contribution >= 4 is 21.7 Å². The van der Waals surface area contributed by atoms with Crippen LogP contribution in [0.4, 0.5) is 10.2 Å². The Hall–Kier alpha value is -2.21. The first-order valence-corrected chi connectivity index (χ1v) is 6.66. The fourth-order valence-corrected chi connectivity index (χ4v) is 2.40. The summed E-state index contributed by atoms with van der Waals surface area (Å²) in [5.41, 5.74) is 8.27. The van der Waals surface area contributed by atoms with Gasteiger partial charge in [-0.3, -0.25) is 10.1 Å². The summed E-state index contributed by atoms with van der Waals surface area (Å²) in [7, 11) is 0. The number of nitrogens with one attached hydrogen (secondary N) is 1. The summed E-state index contributed by atoms with van der Waals surface area (Å²) in [6.45, 7) is 0. The third-order valence-corrected chi connectivity index (χ3v) is 3.44. The van der Waals surface area contributed by atoms with E-state index < -0.39 is 0 Å². The molecule has 0 saturated carbocycles. The van der Waals surface area contributed by atoms with Gasteiger partial charge in [-0.1, -0.05) is 22.0 Å². The zero-order chi connectivity index (χ0) is 14.1. The average molecular weight is 333 g/mol. The molecule has 0 aliphatic carbocycles. The monoisotopic (exact) mass is 332 g/mol. The molecule has 0 aliphatic rings. The van der Waals surface area contributed by atoms with Crippen LogP contribution in [0.25, 0.3) is 22.4 Å². The van der Waals surface area contributed by atoms with E-state index in [-0.39, 0.29) is 5.82 Å². The second kappa shape index (κ2) is 5.05. The van der Waals surface area contributed by atoms with Crippen LogP contribution in [-0.4, -0.2) is 15.2 Å². The predicted molar refractivity (Wildman–Crippen MR) is 79.3 cm³/mol. The van der Waals surface area contributed by atoms with Crippen molar-refractivity contribution in [2.45, 2.75) is 0 Å². The lowest BCUT2D eigenvalue weighted by atomic mass is 10.0. The highest BCUT2D eigenvalue weighted by atomic mass is 79.9. The maximum atomic E-state index is 14.0. The van der Waals surface area contributed by atoms with Gasteiger partial charge in [-0.05, 0) is 24.3 Å². The lowest BCUT2D eigenvalue weighted by Gasteiger charge is -2.06. The van der Waals surface area contributed by atoms with Crippen molar-refractivity contribution in [3.8, 4) is 22.4 Å². The molecule has 0 radical (unpaired) electrons. The molecule has 3 rings (SSSR count). The normalized spacial score (nSPS) is 10.7. The summed E-state index contributed by atoms with van der Waals surface area (Å²) in [6.07, 6.45) is 3.33. The Morgan fingerprint density at radius 3 is 2.85 bits per heavy atom. The van der Waals surface area contributed by atoms with Crippen molar-refractivity contribution in [2.75, 3.05) is 5.73 Å². The maximum absolute atomic E-state index is 14.0. The Labute approximate surface area is 123 Å². The molecule has 0 saturated heterocycles. The van der Waals surface area contributed by atoms with E-state index in [1.54, 1.807) is 30.6 Å². The van der Waals surface area contributed by atoms with Crippen molar-refractivity contribution in [3.05, 3.63) is 53.0 Å². The van der Waals surface area contributed by atoms with Gasteiger partial charge < -0.3 is 5.73 Å². The van der Waals surface area contributed by atoms with Crippen LogP contribution in [0.5, 0.6) is 0 Å². The molecule has 0 unspecified atom stereocenters. The molecule has 0 atom stereocenters. The van der Waals surface area contributed by atoms with E-state index in [2.05, 4.69) is 31.1 Å². The number of H-pyrrole nitrogens is 1. The maximum Gasteiger partial charge on any atom is 0.153 e. The first-order valence-electron chi connectivity index (χ1n) is 5.86. The number of pyridine rings is 1. The number of halogens is 2. The number of benzene rings is 1. The zero-order valence-electron chi connectivity index (χ0n) is 10.3. The molecule has 2 heterocycles. The van der Waals surface area contributed by atoms with Crippen molar-refractivity contribution < 1.29 is 4.39 Å². The van der Waals surface area contributed by atoms with E-state index >= 15 is 0 Å². The van der Waals surface area contributed by atoms with Crippen LogP contribution in [0.15, 0.2) is 47.2 Å². The number of nitrogen functional groups attached to an aromatic ring is 1. The van der Waals surface area contributed by atoms with Crippen LogP contribution < -0.4 is 5.73 Å². The summed E-state index contributed by atoms with van der Waals surface area (Å²) >= 11 is 3.34. The van der Waals surface area contributed by atoms with Crippen molar-refractivity contribution in [3.63, 3.8) is 0 Å². The van der Waals surface area contributed by atoms with Crippen molar-refractivity contribution in [1.29, 1.82) is 0 Å². The number of nitrogens with two attached hydrogens (primary N) is 1. The number of aromatic nitrogens is 3. The van der Waals surface area contributed by atoms with E-state index in [1.165, 1.54) is 6.07 Å². The van der Waals surface area contributed by atoms with Gasteiger partial charge in [0.15, 0.2) is 5.82 Å². The molecular formula is C14H10BrFN4. The first kappa shape index (κ1) is 12.8. The Morgan fingerprint density at radius 1 is 1.25 bits per heavy atom. The average Bonchev–Trinajstić information content (AvgIpc) is 2.84. The molecule has 20 heavy (non-hydrogen) atoms. The molecule has 0 aliphatic heterocycles. The zero-order valence-corrected chi connectivity index (χ0v) is 11.9. The summed E-state index contributed by atoms with van der Waals surface area (Å²) in [4.78, 5) is 4.06. The van der Waals surface area contributed by atoms with E-state index in [9.17, 15) is 4.39 Å². The second-order valence-electron chi connectivity index (χ2n) is 4.22. The van der Waals surface area contributed by atoms with Crippen LogP contribution >= 0.6 is 15.9 Å². The molecular weight excluding hydrogens is 323 g/mol. The van der Waals surface area contributed by atoms with Crippen LogP contribution in [-0.2, 0) is 0 Å². The summed E-state index contributed by atoms with van der Waals surface area (Å²) < 4.78 is 14.8. The quantitative estimate of drug-likeness (QED) is 0.753. The highest BCUT2D eigenvalue weighted by molar-refractivity contribution is 9.10. The van der Waals surface area contributed by atoms with E-state index in [4.69, 9.17) is 5.73 Å². The summed E-state index contributed by atoms with van der Waals surface area (Å²) in [6, 6.07) is 8.37. The standard InChI is InChI=1S/C14H10BrFN4/c15-9-3-4-11(16)10(6-9)13-12(14(17)20-19-13)8-2-1-5-18-7-8/h1-7H,(H3,17,19,20). The topological polar surface area (TPSA) is 67.6 Å². The number of hydrogen-bond donors (Lipinski definition) is 2. The molecule has 3 N–H and O–H groups in total. The largest absolute Gasteiger partial charge is 0.382 e. The second-order valence-corrected chi connectivity index (χ2v) is 5.14. The third kappa shape index (κ3) is 2.18. The van der Waals surface area contributed by atoms with Gasteiger partial charge >= 0.3 is 0 Å². The molecule has 1 aromatic carbocycles. The molecule has 0 bridgehead atoms. The molecule has 0 amide bonds. The summed E-state index contributed by atoms with van der Waals surface area (Å²) in [5.74, 6) is -0.0330. The van der Waals surface area contributed by atoms with Crippen LogP contribution in [0.2, 0.25) is 0 Å². The van der Waals surface area contributed by atoms with E-state index in [0.717, 1.165) is 10.0 Å². The van der Waals surface area contributed by atoms with E-state index in [1.807, 2.05) is 6.07 Å². The Balaban J connectivity index is 2.24. The van der Waals surface area contributed by atoms with Crippen molar-refractivity contribution in [2.24, 2.45) is 0 Å².